The summed E-state index contributed by atoms with van der Waals surface area (Å²) in [7, 11) is 0. The van der Waals surface area contributed by atoms with E-state index in [1.54, 1.807) is 35.2 Å². The molecule has 0 bridgehead atoms. The monoisotopic (exact) mass is 550 g/mol. The van der Waals surface area contributed by atoms with Crippen LogP contribution in [0.15, 0.2) is 67.3 Å². The molecule has 2 N–H and O–H groups in total. The lowest BCUT2D eigenvalue weighted by Gasteiger charge is -2.34. The maximum absolute atomic E-state index is 13.1. The summed E-state index contributed by atoms with van der Waals surface area (Å²) in [4.78, 5) is 30.7. The Morgan fingerprint density at radius 1 is 0.975 bits per heavy atom. The first kappa shape index (κ1) is 27.1. The number of anilines is 4. The molecular weight excluding hydrogens is 521 g/mol. The fourth-order valence-corrected chi connectivity index (χ4v) is 4.51. The van der Waals surface area contributed by atoms with Gasteiger partial charge in [-0.1, -0.05) is 19.1 Å². The molecule has 1 saturated heterocycles. The van der Waals surface area contributed by atoms with Gasteiger partial charge in [0.15, 0.2) is 0 Å². The molecule has 1 aliphatic rings. The summed E-state index contributed by atoms with van der Waals surface area (Å²) in [6.45, 7) is 8.82. The van der Waals surface area contributed by atoms with Crippen LogP contribution in [-0.2, 0) is 6.18 Å². The maximum atomic E-state index is 13.1. The van der Waals surface area contributed by atoms with Crippen LogP contribution in [0.1, 0.15) is 28.4 Å². The van der Waals surface area contributed by atoms with Crippen molar-refractivity contribution in [1.29, 1.82) is 0 Å². The zero-order chi connectivity index (χ0) is 28.3. The summed E-state index contributed by atoms with van der Waals surface area (Å²) in [5, 5.41) is 5.96. The van der Waals surface area contributed by atoms with E-state index in [2.05, 4.69) is 42.3 Å². The Kier molecular flexibility index (Phi) is 7.69. The van der Waals surface area contributed by atoms with Gasteiger partial charge in [-0.2, -0.15) is 13.2 Å². The van der Waals surface area contributed by atoms with E-state index in [-0.39, 0.29) is 5.56 Å². The van der Waals surface area contributed by atoms with Gasteiger partial charge in [-0.3, -0.25) is 9.36 Å². The number of carbonyl (C=O) groups is 1. The van der Waals surface area contributed by atoms with Crippen LogP contribution in [0, 0.1) is 6.92 Å². The van der Waals surface area contributed by atoms with Gasteiger partial charge in [0.05, 0.1) is 5.56 Å². The van der Waals surface area contributed by atoms with Gasteiger partial charge in [0.2, 0.25) is 5.95 Å². The van der Waals surface area contributed by atoms with E-state index in [0.29, 0.717) is 23.1 Å². The van der Waals surface area contributed by atoms with E-state index >= 15 is 0 Å². The van der Waals surface area contributed by atoms with E-state index in [1.807, 2.05) is 13.0 Å². The van der Waals surface area contributed by atoms with Crippen LogP contribution in [0.4, 0.5) is 36.3 Å². The van der Waals surface area contributed by atoms with Crippen molar-refractivity contribution in [3.05, 3.63) is 83.9 Å². The van der Waals surface area contributed by atoms with E-state index in [1.165, 1.54) is 18.5 Å². The number of likely N-dealkylation sites (N-methyl/N-ethyl adjacent to an activating group) is 1. The number of aryl methyl sites for hydroxylation is 1. The van der Waals surface area contributed by atoms with Crippen molar-refractivity contribution in [2.24, 2.45) is 0 Å². The van der Waals surface area contributed by atoms with Gasteiger partial charge in [0.1, 0.15) is 18.0 Å². The fourth-order valence-electron chi connectivity index (χ4n) is 4.51. The first-order valence-electron chi connectivity index (χ1n) is 12.9. The largest absolute Gasteiger partial charge is 0.416 e. The lowest BCUT2D eigenvalue weighted by Crippen LogP contribution is -2.46. The molecule has 1 amide bonds. The quantitative estimate of drug-likeness (QED) is 0.330. The van der Waals surface area contributed by atoms with Crippen molar-refractivity contribution in [1.82, 2.24) is 24.4 Å². The standard InChI is InChI=1S/C28H29F3N8O/c1-3-37-11-13-38(14-12-37)24-17-25(34-18-33-24)39-10-9-32-27(39)36-23-16-22(8-7-19(23)2)35-26(40)20-5-4-6-21(15-20)28(29,30)31/h4-10,15-18H,3,11-14H2,1-2H3,(H,32,36)(H,35,40). The third-order valence-corrected chi connectivity index (χ3v) is 6.86. The topological polar surface area (TPSA) is 91.2 Å². The molecule has 1 fully saturated rings. The van der Waals surface area contributed by atoms with E-state index in [0.717, 1.165) is 56.2 Å². The minimum atomic E-state index is -4.53. The summed E-state index contributed by atoms with van der Waals surface area (Å²) in [5.41, 5.74) is 0.998. The molecule has 0 spiro atoms. The van der Waals surface area contributed by atoms with Gasteiger partial charge in [-0.25, -0.2) is 15.0 Å². The summed E-state index contributed by atoms with van der Waals surface area (Å²) in [6, 6.07) is 11.4. The maximum Gasteiger partial charge on any atom is 0.416 e. The molecule has 0 atom stereocenters. The summed E-state index contributed by atoms with van der Waals surface area (Å²) in [6.07, 6.45) is 0.445. The van der Waals surface area contributed by atoms with Crippen molar-refractivity contribution in [2.45, 2.75) is 20.0 Å². The zero-order valence-corrected chi connectivity index (χ0v) is 22.1. The molecule has 9 nitrogen and oxygen atoms in total. The molecule has 40 heavy (non-hydrogen) atoms. The molecule has 1 aliphatic heterocycles. The summed E-state index contributed by atoms with van der Waals surface area (Å²) < 4.78 is 41.0. The molecule has 5 rings (SSSR count). The number of benzene rings is 2. The second-order valence-corrected chi connectivity index (χ2v) is 9.46. The Balaban J connectivity index is 1.33. The Bertz CT molecular complexity index is 1490. The van der Waals surface area contributed by atoms with Crippen molar-refractivity contribution < 1.29 is 18.0 Å². The lowest BCUT2D eigenvalue weighted by molar-refractivity contribution is -0.137. The number of imidazole rings is 1. The number of rotatable bonds is 7. The number of nitrogens with zero attached hydrogens (tertiary/aromatic N) is 6. The molecule has 0 radical (unpaired) electrons. The minimum absolute atomic E-state index is 0.0869. The number of hydrogen-bond acceptors (Lipinski definition) is 7. The normalized spacial score (nSPS) is 14.3. The highest BCUT2D eigenvalue weighted by atomic mass is 19.4. The highest BCUT2D eigenvalue weighted by Crippen LogP contribution is 2.30. The molecule has 2 aromatic carbocycles. The van der Waals surface area contributed by atoms with Crippen LogP contribution in [0.5, 0.6) is 0 Å². The average molecular weight is 551 g/mol. The predicted molar refractivity (Wildman–Crippen MR) is 147 cm³/mol. The Labute approximate surface area is 229 Å². The second-order valence-electron chi connectivity index (χ2n) is 9.46. The number of alkyl halides is 3. The molecule has 208 valence electrons. The Hall–Kier alpha value is -4.45. The number of carbonyl (C=O) groups excluding carboxylic acids is 1. The van der Waals surface area contributed by atoms with Gasteiger partial charge in [0, 0.05) is 61.6 Å². The molecule has 3 heterocycles. The predicted octanol–water partition coefficient (Wildman–Crippen LogP) is 5.13. The third kappa shape index (κ3) is 6.07. The summed E-state index contributed by atoms with van der Waals surface area (Å²) >= 11 is 0. The van der Waals surface area contributed by atoms with Gasteiger partial charge >= 0.3 is 6.18 Å². The SMILES string of the molecule is CCN1CCN(c2cc(-n3ccnc3Nc3cc(NC(=O)c4cccc(C(F)(F)F)c4)ccc3C)ncn2)CC1. The number of nitrogens with one attached hydrogen (secondary N) is 2. The fraction of sp³-hybridized carbons (Fsp3) is 0.286. The van der Waals surface area contributed by atoms with E-state index < -0.39 is 17.6 Å². The average Bonchev–Trinajstić information content (AvgIpc) is 3.43. The van der Waals surface area contributed by atoms with Gasteiger partial charge in [0.25, 0.3) is 5.91 Å². The molecule has 0 unspecified atom stereocenters. The highest BCUT2D eigenvalue weighted by Gasteiger charge is 2.31. The zero-order valence-electron chi connectivity index (χ0n) is 22.1. The van der Waals surface area contributed by atoms with Crippen LogP contribution < -0.4 is 15.5 Å². The van der Waals surface area contributed by atoms with Gasteiger partial charge in [-0.15, -0.1) is 0 Å². The van der Waals surface area contributed by atoms with Crippen molar-refractivity contribution >= 4 is 29.0 Å². The van der Waals surface area contributed by atoms with Gasteiger partial charge < -0.3 is 20.4 Å². The number of hydrogen-bond donors (Lipinski definition) is 2. The molecule has 0 aliphatic carbocycles. The molecule has 12 heteroatoms. The van der Waals surface area contributed by atoms with Crippen LogP contribution >= 0.6 is 0 Å². The second kappa shape index (κ2) is 11.3. The number of aromatic nitrogens is 4. The van der Waals surface area contributed by atoms with Crippen LogP contribution in [0.2, 0.25) is 0 Å². The van der Waals surface area contributed by atoms with Crippen molar-refractivity contribution in [3.8, 4) is 5.82 Å². The van der Waals surface area contributed by atoms with Crippen LogP contribution in [-0.4, -0.2) is 63.0 Å². The Morgan fingerprint density at radius 2 is 1.75 bits per heavy atom. The number of halogens is 3. The highest BCUT2D eigenvalue weighted by molar-refractivity contribution is 6.04. The smallest absolute Gasteiger partial charge is 0.354 e. The van der Waals surface area contributed by atoms with Crippen molar-refractivity contribution in [3.63, 3.8) is 0 Å². The lowest BCUT2D eigenvalue weighted by atomic mass is 10.1. The molecular formula is C28H29F3N8O. The molecule has 0 saturated carbocycles. The van der Waals surface area contributed by atoms with Crippen molar-refractivity contribution in [2.75, 3.05) is 48.3 Å². The van der Waals surface area contributed by atoms with Gasteiger partial charge in [-0.05, 0) is 49.4 Å². The van der Waals surface area contributed by atoms with E-state index in [4.69, 9.17) is 0 Å². The minimum Gasteiger partial charge on any atom is -0.354 e. The first-order valence-corrected chi connectivity index (χ1v) is 12.9. The van der Waals surface area contributed by atoms with Crippen LogP contribution in [0.3, 0.4) is 0 Å². The number of piperazine rings is 1. The number of amides is 1. The third-order valence-electron chi connectivity index (χ3n) is 6.86. The van der Waals surface area contributed by atoms with E-state index in [9.17, 15) is 18.0 Å². The molecule has 2 aromatic heterocycles. The first-order chi connectivity index (χ1) is 19.2. The van der Waals surface area contributed by atoms with Crippen LogP contribution in [0.25, 0.3) is 5.82 Å². The summed E-state index contributed by atoms with van der Waals surface area (Å²) in [5.74, 6) is 1.35. The molecule has 4 aromatic rings. The Morgan fingerprint density at radius 3 is 2.50 bits per heavy atom.